The summed E-state index contributed by atoms with van der Waals surface area (Å²) in [5.41, 5.74) is 9.70. The zero-order valence-corrected chi connectivity index (χ0v) is 19.9. The van der Waals surface area contributed by atoms with Crippen LogP contribution in [0, 0.1) is 11.3 Å². The van der Waals surface area contributed by atoms with E-state index >= 15 is 0 Å². The van der Waals surface area contributed by atoms with Crippen molar-refractivity contribution in [3.05, 3.63) is 71.1 Å². The van der Waals surface area contributed by atoms with Gasteiger partial charge in [-0.05, 0) is 73.1 Å². The molecule has 1 aromatic carbocycles. The molecule has 0 amide bonds. The Labute approximate surface area is 189 Å². The number of likely N-dealkylation sites (tertiary alicyclic amines) is 1. The molecule has 0 saturated carbocycles. The summed E-state index contributed by atoms with van der Waals surface area (Å²) >= 11 is 0. The van der Waals surface area contributed by atoms with Crippen LogP contribution >= 0.6 is 0 Å². The van der Waals surface area contributed by atoms with Crippen molar-refractivity contribution in [2.75, 3.05) is 13.1 Å². The van der Waals surface area contributed by atoms with Crippen molar-refractivity contribution in [1.82, 2.24) is 9.88 Å². The Morgan fingerprint density at radius 1 is 1.16 bits per heavy atom. The molecule has 4 rings (SSSR count). The lowest BCUT2D eigenvalue weighted by atomic mass is 9.86. The lowest BCUT2D eigenvalue weighted by molar-refractivity contribution is 0.321. The maximum Gasteiger partial charge on any atom is 0.0712 e. The van der Waals surface area contributed by atoms with Gasteiger partial charge in [-0.3, -0.25) is 0 Å². The summed E-state index contributed by atoms with van der Waals surface area (Å²) in [7, 11) is 0. The van der Waals surface area contributed by atoms with Crippen molar-refractivity contribution >= 4 is 6.08 Å². The average molecular weight is 415 g/mol. The highest BCUT2D eigenvalue weighted by Gasteiger charge is 2.27. The molecule has 2 heterocycles. The van der Waals surface area contributed by atoms with E-state index in [9.17, 15) is 0 Å². The zero-order valence-electron chi connectivity index (χ0n) is 19.9. The van der Waals surface area contributed by atoms with Crippen LogP contribution in [-0.2, 0) is 12.8 Å². The van der Waals surface area contributed by atoms with Gasteiger partial charge in [0, 0.05) is 24.4 Å². The predicted octanol–water partition coefficient (Wildman–Crippen LogP) is 7.30. The second-order valence-electron chi connectivity index (χ2n) is 10.7. The number of pyridine rings is 1. The molecule has 1 atom stereocenters. The molecule has 1 fully saturated rings. The largest absolute Gasteiger partial charge is 0.375 e. The number of hydrogen-bond acceptors (Lipinski definition) is 2. The first-order valence-electron chi connectivity index (χ1n) is 12.0. The van der Waals surface area contributed by atoms with Crippen molar-refractivity contribution in [2.45, 2.75) is 66.2 Å². The highest BCUT2D eigenvalue weighted by atomic mass is 15.2. The molecule has 1 aliphatic carbocycles. The van der Waals surface area contributed by atoms with Crippen molar-refractivity contribution in [1.29, 1.82) is 0 Å². The second-order valence-corrected chi connectivity index (χ2v) is 10.7. The van der Waals surface area contributed by atoms with Gasteiger partial charge in [0.05, 0.1) is 11.4 Å². The molecule has 1 saturated heterocycles. The lowest BCUT2D eigenvalue weighted by Crippen LogP contribution is -2.23. The van der Waals surface area contributed by atoms with Crippen LogP contribution in [0.25, 0.3) is 17.3 Å². The van der Waals surface area contributed by atoms with Gasteiger partial charge in [-0.15, -0.1) is 0 Å². The zero-order chi connectivity index (χ0) is 22.0. The Kier molecular flexibility index (Phi) is 6.36. The summed E-state index contributed by atoms with van der Waals surface area (Å²) in [4.78, 5) is 7.64. The SMILES string of the molecule is C=C(CC(C)(C)C)N1CCC(Cc2cc(-c3ccccc3)nc3c2CCC(CC)=C3)C1. The molecule has 1 unspecified atom stereocenters. The van der Waals surface area contributed by atoms with E-state index in [4.69, 9.17) is 4.98 Å². The fourth-order valence-corrected chi connectivity index (χ4v) is 5.14. The van der Waals surface area contributed by atoms with E-state index in [1.807, 2.05) is 0 Å². The first kappa shape index (κ1) is 21.9. The van der Waals surface area contributed by atoms with Crippen LogP contribution in [0.5, 0.6) is 0 Å². The molecule has 1 aliphatic heterocycles. The molecule has 2 heteroatoms. The molecular formula is C29H38N2. The quantitative estimate of drug-likeness (QED) is 0.493. The van der Waals surface area contributed by atoms with E-state index in [1.54, 1.807) is 0 Å². The van der Waals surface area contributed by atoms with Gasteiger partial charge in [-0.2, -0.15) is 0 Å². The number of benzene rings is 1. The van der Waals surface area contributed by atoms with Gasteiger partial charge < -0.3 is 4.90 Å². The van der Waals surface area contributed by atoms with Crippen molar-refractivity contribution in [2.24, 2.45) is 11.3 Å². The van der Waals surface area contributed by atoms with Crippen LogP contribution in [0.2, 0.25) is 0 Å². The topological polar surface area (TPSA) is 16.1 Å². The van der Waals surface area contributed by atoms with E-state index in [1.165, 1.54) is 46.5 Å². The van der Waals surface area contributed by atoms with Crippen LogP contribution in [0.3, 0.4) is 0 Å². The predicted molar refractivity (Wildman–Crippen MR) is 133 cm³/mol. The number of hydrogen-bond donors (Lipinski definition) is 0. The third kappa shape index (κ3) is 5.29. The number of fused-ring (bicyclic) bond motifs is 1. The van der Waals surface area contributed by atoms with Gasteiger partial charge in [0.25, 0.3) is 0 Å². The molecule has 1 aromatic heterocycles. The minimum absolute atomic E-state index is 0.299. The number of nitrogens with zero attached hydrogens (tertiary/aromatic N) is 2. The van der Waals surface area contributed by atoms with E-state index < -0.39 is 0 Å². The Balaban J connectivity index is 1.58. The normalized spacial score (nSPS) is 18.6. The van der Waals surface area contributed by atoms with Crippen molar-refractivity contribution in [3.8, 4) is 11.3 Å². The van der Waals surface area contributed by atoms with Crippen molar-refractivity contribution < 1.29 is 0 Å². The maximum absolute atomic E-state index is 5.10. The molecule has 0 spiro atoms. The van der Waals surface area contributed by atoms with Gasteiger partial charge in [-0.25, -0.2) is 4.98 Å². The first-order chi connectivity index (χ1) is 14.8. The molecular weight excluding hydrogens is 376 g/mol. The van der Waals surface area contributed by atoms with E-state index in [2.05, 4.69) is 81.6 Å². The van der Waals surface area contributed by atoms with Crippen LogP contribution in [0.4, 0.5) is 0 Å². The maximum atomic E-state index is 5.10. The number of allylic oxidation sites excluding steroid dienone is 2. The Morgan fingerprint density at radius 2 is 1.94 bits per heavy atom. The molecule has 0 radical (unpaired) electrons. The van der Waals surface area contributed by atoms with E-state index in [0.717, 1.165) is 44.5 Å². The first-order valence-corrected chi connectivity index (χ1v) is 12.0. The van der Waals surface area contributed by atoms with Crippen LogP contribution in [-0.4, -0.2) is 23.0 Å². The molecule has 31 heavy (non-hydrogen) atoms. The summed E-state index contributed by atoms with van der Waals surface area (Å²) in [6, 6.07) is 13.0. The summed E-state index contributed by atoms with van der Waals surface area (Å²) in [5, 5.41) is 0. The molecule has 0 N–H and O–H groups in total. The van der Waals surface area contributed by atoms with Crippen LogP contribution in [0.15, 0.2) is 54.2 Å². The highest BCUT2D eigenvalue weighted by Crippen LogP contribution is 2.34. The minimum Gasteiger partial charge on any atom is -0.375 e. The standard InChI is InChI=1S/C29H38N2/c1-6-22-12-13-26-25(16-23-14-15-31(20-23)21(2)19-29(3,4)5)18-27(30-28(26)17-22)24-10-8-7-9-11-24/h7-11,17-18,23H,2,6,12-16,19-20H2,1,3-5H3. The molecule has 2 aromatic rings. The van der Waals surface area contributed by atoms with Crippen molar-refractivity contribution in [3.63, 3.8) is 0 Å². The van der Waals surface area contributed by atoms with E-state index in [-0.39, 0.29) is 0 Å². The monoisotopic (exact) mass is 414 g/mol. The fraction of sp³-hybridized carbons (Fsp3) is 0.483. The molecule has 2 nitrogen and oxygen atoms in total. The van der Waals surface area contributed by atoms with Gasteiger partial charge in [0.1, 0.15) is 0 Å². The smallest absolute Gasteiger partial charge is 0.0712 e. The molecule has 164 valence electrons. The van der Waals surface area contributed by atoms with Gasteiger partial charge >= 0.3 is 0 Å². The van der Waals surface area contributed by atoms with Crippen LogP contribution in [0.1, 0.15) is 70.2 Å². The summed E-state index contributed by atoms with van der Waals surface area (Å²) in [6.07, 6.45) is 9.30. The average Bonchev–Trinajstić information content (AvgIpc) is 3.21. The summed E-state index contributed by atoms with van der Waals surface area (Å²) in [5.74, 6) is 0.698. The minimum atomic E-state index is 0.299. The summed E-state index contributed by atoms with van der Waals surface area (Å²) in [6.45, 7) is 15.9. The Bertz CT molecular complexity index is 962. The van der Waals surface area contributed by atoms with Gasteiger partial charge in [0.15, 0.2) is 0 Å². The van der Waals surface area contributed by atoms with Gasteiger partial charge in [0.2, 0.25) is 0 Å². The third-order valence-corrected chi connectivity index (χ3v) is 6.79. The van der Waals surface area contributed by atoms with Gasteiger partial charge in [-0.1, -0.05) is 70.2 Å². The molecule has 0 bridgehead atoms. The van der Waals surface area contributed by atoms with E-state index in [0.29, 0.717) is 11.3 Å². The van der Waals surface area contributed by atoms with Crippen LogP contribution < -0.4 is 0 Å². The number of aromatic nitrogens is 1. The molecule has 2 aliphatic rings. The number of rotatable bonds is 6. The third-order valence-electron chi connectivity index (χ3n) is 6.79. The fourth-order valence-electron chi connectivity index (χ4n) is 5.14. The lowest BCUT2D eigenvalue weighted by Gasteiger charge is -2.27. The second kappa shape index (κ2) is 9.02. The Hall–Kier alpha value is -2.35. The summed E-state index contributed by atoms with van der Waals surface area (Å²) < 4.78 is 0. The Morgan fingerprint density at radius 3 is 2.65 bits per heavy atom. The highest BCUT2D eigenvalue weighted by molar-refractivity contribution is 5.66.